The summed E-state index contributed by atoms with van der Waals surface area (Å²) >= 11 is 0. The maximum atomic E-state index is 13.7. The molecule has 3 rings (SSSR count). The Kier molecular flexibility index (Phi) is 4.68. The Balaban J connectivity index is 2.16. The summed E-state index contributed by atoms with van der Waals surface area (Å²) in [7, 11) is 2.79. The summed E-state index contributed by atoms with van der Waals surface area (Å²) in [6, 6.07) is 0.955. The summed E-state index contributed by atoms with van der Waals surface area (Å²) in [5, 5.41) is 10.2. The molecule has 1 aliphatic rings. The van der Waals surface area contributed by atoms with Crippen LogP contribution in [0, 0.1) is 0 Å². The lowest BCUT2D eigenvalue weighted by Crippen LogP contribution is -2.36. The van der Waals surface area contributed by atoms with Crippen molar-refractivity contribution in [3.8, 4) is 16.9 Å². The molecule has 2 atom stereocenters. The molecular formula is C17H17F3N4O3. The average Bonchev–Trinajstić information content (AvgIpc) is 2.83. The number of anilines is 1. The number of ether oxygens (including phenoxy) is 1. The highest BCUT2D eigenvalue weighted by Gasteiger charge is 2.43. The number of hydrogen-bond acceptors (Lipinski definition) is 5. The standard InChI is InChI=1S/C17H17F3N4O3/c1-9-15(25)24(16(26)23(9)2)14-6-12(17(18,19)20)10(8-22-14)11-7-21-5-4-13(11)27-3/h4-9,15,25H,1-3H3. The molecule has 27 heavy (non-hydrogen) atoms. The highest BCUT2D eigenvalue weighted by Crippen LogP contribution is 2.41. The van der Waals surface area contributed by atoms with Crippen LogP contribution in [-0.4, -0.2) is 52.4 Å². The minimum Gasteiger partial charge on any atom is -0.496 e. The number of hydrogen-bond donors (Lipinski definition) is 1. The van der Waals surface area contributed by atoms with Gasteiger partial charge in [0, 0.05) is 36.8 Å². The molecule has 10 heteroatoms. The number of aliphatic hydroxyl groups is 1. The van der Waals surface area contributed by atoms with E-state index in [0.717, 1.165) is 17.2 Å². The summed E-state index contributed by atoms with van der Waals surface area (Å²) in [5.41, 5.74) is -1.13. The number of methoxy groups -OCH3 is 1. The van der Waals surface area contributed by atoms with Gasteiger partial charge in [0.1, 0.15) is 11.6 Å². The molecule has 2 aromatic rings. The Morgan fingerprint density at radius 1 is 1.26 bits per heavy atom. The summed E-state index contributed by atoms with van der Waals surface area (Å²) < 4.78 is 46.3. The third-order valence-corrected chi connectivity index (χ3v) is 4.55. The van der Waals surface area contributed by atoms with Gasteiger partial charge in [0.2, 0.25) is 0 Å². The van der Waals surface area contributed by atoms with Crippen molar-refractivity contribution in [2.75, 3.05) is 19.1 Å². The number of carbonyl (C=O) groups excluding carboxylic acids is 1. The van der Waals surface area contributed by atoms with Crippen molar-refractivity contribution >= 4 is 11.8 Å². The number of carbonyl (C=O) groups is 1. The fourth-order valence-electron chi connectivity index (χ4n) is 2.89. The Morgan fingerprint density at radius 2 is 1.96 bits per heavy atom. The number of nitrogens with zero attached hydrogens (tertiary/aromatic N) is 4. The predicted octanol–water partition coefficient (Wildman–Crippen LogP) is 2.75. The zero-order chi connectivity index (χ0) is 19.9. The number of amides is 2. The first kappa shape index (κ1) is 18.9. The Labute approximate surface area is 153 Å². The van der Waals surface area contributed by atoms with Gasteiger partial charge in [-0.1, -0.05) is 0 Å². The molecule has 0 radical (unpaired) electrons. The monoisotopic (exact) mass is 382 g/mol. The van der Waals surface area contributed by atoms with Crippen LogP contribution >= 0.6 is 0 Å². The number of urea groups is 1. The summed E-state index contributed by atoms with van der Waals surface area (Å²) in [6.07, 6.45) is -2.39. The van der Waals surface area contributed by atoms with Gasteiger partial charge in [-0.3, -0.25) is 4.98 Å². The fourth-order valence-corrected chi connectivity index (χ4v) is 2.89. The molecule has 144 valence electrons. The highest BCUT2D eigenvalue weighted by molar-refractivity contribution is 5.94. The molecule has 0 aromatic carbocycles. The Hall–Kier alpha value is -2.88. The van der Waals surface area contributed by atoms with Crippen LogP contribution in [0.15, 0.2) is 30.7 Å². The molecule has 0 spiro atoms. The number of likely N-dealkylation sites (N-methyl/N-ethyl adjacent to an activating group) is 1. The second-order valence-corrected chi connectivity index (χ2v) is 6.08. The van der Waals surface area contributed by atoms with E-state index in [1.54, 1.807) is 6.92 Å². The van der Waals surface area contributed by atoms with Crippen LogP contribution in [0.5, 0.6) is 5.75 Å². The topological polar surface area (TPSA) is 78.8 Å². The predicted molar refractivity (Wildman–Crippen MR) is 90.1 cm³/mol. The second kappa shape index (κ2) is 6.69. The molecule has 1 aliphatic heterocycles. The molecule has 2 amide bonds. The smallest absolute Gasteiger partial charge is 0.417 e. The van der Waals surface area contributed by atoms with Crippen LogP contribution in [-0.2, 0) is 6.18 Å². The minimum atomic E-state index is -4.72. The first-order valence-electron chi connectivity index (χ1n) is 7.96. The average molecular weight is 382 g/mol. The molecule has 0 bridgehead atoms. The van der Waals surface area contributed by atoms with E-state index in [4.69, 9.17) is 4.74 Å². The fraction of sp³-hybridized carbons (Fsp3) is 0.353. The quantitative estimate of drug-likeness (QED) is 0.883. The molecule has 3 heterocycles. The van der Waals surface area contributed by atoms with Gasteiger partial charge in [-0.15, -0.1) is 0 Å². The van der Waals surface area contributed by atoms with Crippen LogP contribution in [0.2, 0.25) is 0 Å². The number of alkyl halides is 3. The molecule has 0 saturated carbocycles. The van der Waals surface area contributed by atoms with E-state index in [-0.39, 0.29) is 22.7 Å². The van der Waals surface area contributed by atoms with E-state index >= 15 is 0 Å². The van der Waals surface area contributed by atoms with Gasteiger partial charge >= 0.3 is 12.2 Å². The third-order valence-electron chi connectivity index (χ3n) is 4.55. The maximum absolute atomic E-state index is 13.7. The van der Waals surface area contributed by atoms with Crippen molar-refractivity contribution in [1.82, 2.24) is 14.9 Å². The van der Waals surface area contributed by atoms with Crippen molar-refractivity contribution in [3.05, 3.63) is 36.3 Å². The van der Waals surface area contributed by atoms with Crippen molar-refractivity contribution in [2.45, 2.75) is 25.4 Å². The van der Waals surface area contributed by atoms with Crippen LogP contribution in [0.3, 0.4) is 0 Å². The van der Waals surface area contributed by atoms with E-state index in [2.05, 4.69) is 9.97 Å². The van der Waals surface area contributed by atoms with Crippen molar-refractivity contribution in [1.29, 1.82) is 0 Å². The van der Waals surface area contributed by atoms with E-state index in [9.17, 15) is 23.1 Å². The lowest BCUT2D eigenvalue weighted by atomic mass is 10.0. The number of rotatable bonds is 3. The van der Waals surface area contributed by atoms with Gasteiger partial charge < -0.3 is 14.7 Å². The Morgan fingerprint density at radius 3 is 2.52 bits per heavy atom. The summed E-state index contributed by atoms with van der Waals surface area (Å²) in [4.78, 5) is 22.2. The molecule has 1 saturated heterocycles. The van der Waals surface area contributed by atoms with E-state index in [1.807, 2.05) is 0 Å². The van der Waals surface area contributed by atoms with Gasteiger partial charge in [-0.05, 0) is 19.1 Å². The van der Waals surface area contributed by atoms with E-state index in [1.165, 1.54) is 37.5 Å². The van der Waals surface area contributed by atoms with Gasteiger partial charge in [-0.25, -0.2) is 14.7 Å². The largest absolute Gasteiger partial charge is 0.496 e. The Bertz CT molecular complexity index is 875. The van der Waals surface area contributed by atoms with Crippen molar-refractivity contribution in [3.63, 3.8) is 0 Å². The lowest BCUT2D eigenvalue weighted by molar-refractivity contribution is -0.137. The number of aromatic nitrogens is 2. The molecule has 1 N–H and O–H groups in total. The second-order valence-electron chi connectivity index (χ2n) is 6.08. The summed E-state index contributed by atoms with van der Waals surface area (Å²) in [5.74, 6) is -0.0849. The molecule has 2 unspecified atom stereocenters. The van der Waals surface area contributed by atoms with Gasteiger partial charge in [0.05, 0.1) is 18.7 Å². The zero-order valence-corrected chi connectivity index (χ0v) is 14.7. The lowest BCUT2D eigenvalue weighted by Gasteiger charge is -2.21. The van der Waals surface area contributed by atoms with Gasteiger partial charge in [-0.2, -0.15) is 13.2 Å². The van der Waals surface area contributed by atoms with Crippen molar-refractivity contribution < 1.29 is 27.8 Å². The zero-order valence-electron chi connectivity index (χ0n) is 14.7. The van der Waals surface area contributed by atoms with Gasteiger partial charge in [0.15, 0.2) is 6.23 Å². The minimum absolute atomic E-state index is 0.116. The van der Waals surface area contributed by atoms with E-state index in [0.29, 0.717) is 0 Å². The van der Waals surface area contributed by atoms with Crippen LogP contribution < -0.4 is 9.64 Å². The van der Waals surface area contributed by atoms with E-state index < -0.39 is 30.0 Å². The normalized spacial score (nSPS) is 20.3. The van der Waals surface area contributed by atoms with Crippen LogP contribution in [0.1, 0.15) is 12.5 Å². The summed E-state index contributed by atoms with van der Waals surface area (Å²) in [6.45, 7) is 1.59. The number of pyridine rings is 2. The third kappa shape index (κ3) is 3.16. The highest BCUT2D eigenvalue weighted by atomic mass is 19.4. The first-order valence-corrected chi connectivity index (χ1v) is 7.96. The molecular weight excluding hydrogens is 365 g/mol. The van der Waals surface area contributed by atoms with Crippen LogP contribution in [0.25, 0.3) is 11.1 Å². The molecule has 7 nitrogen and oxygen atoms in total. The van der Waals surface area contributed by atoms with Crippen LogP contribution in [0.4, 0.5) is 23.8 Å². The maximum Gasteiger partial charge on any atom is 0.417 e. The molecule has 1 fully saturated rings. The molecule has 0 aliphatic carbocycles. The number of halogens is 3. The number of aliphatic hydroxyl groups excluding tert-OH is 1. The first-order chi connectivity index (χ1) is 12.7. The molecule has 2 aromatic heterocycles. The SMILES string of the molecule is COc1ccncc1-c1cnc(N2C(=O)N(C)C(C)C2O)cc1C(F)(F)F. The van der Waals surface area contributed by atoms with Gasteiger partial charge in [0.25, 0.3) is 0 Å². The van der Waals surface area contributed by atoms with Crippen molar-refractivity contribution in [2.24, 2.45) is 0 Å².